The number of Topliss-reactive ketones (excluding diaryl/α,β-unsaturated/α-hetero) is 1. The Morgan fingerprint density at radius 3 is 1.94 bits per heavy atom. The highest BCUT2D eigenvalue weighted by Crippen LogP contribution is 2.07. The first kappa shape index (κ1) is 37.0. The Bertz CT molecular complexity index is 475. The van der Waals surface area contributed by atoms with Crippen LogP contribution in [0.4, 0.5) is 0 Å². The maximum Gasteiger partial charge on any atom is 0.239 e. The Balaban J connectivity index is -0.000000614. The lowest BCUT2D eigenvalue weighted by Gasteiger charge is -2.19. The molecule has 2 atom stereocenters. The van der Waals surface area contributed by atoms with Gasteiger partial charge in [-0.25, -0.2) is 0 Å². The summed E-state index contributed by atoms with van der Waals surface area (Å²) in [6.07, 6.45) is 9.68. The number of hydrogen-bond donors (Lipinski definition) is 5. The van der Waals surface area contributed by atoms with Gasteiger partial charge in [-0.15, -0.1) is 0 Å². The molecule has 1 fully saturated rings. The van der Waals surface area contributed by atoms with E-state index < -0.39 is 6.04 Å². The van der Waals surface area contributed by atoms with Crippen molar-refractivity contribution in [1.29, 1.82) is 0 Å². The topological polar surface area (TPSA) is 134 Å². The van der Waals surface area contributed by atoms with Crippen LogP contribution in [-0.4, -0.2) is 61.5 Å². The van der Waals surface area contributed by atoms with Gasteiger partial charge in [0, 0.05) is 19.1 Å². The first-order valence-electron chi connectivity index (χ1n) is 13.4. The van der Waals surface area contributed by atoms with Crippen LogP contribution < -0.4 is 21.7 Å². The minimum absolute atomic E-state index is 0.0416. The van der Waals surface area contributed by atoms with E-state index >= 15 is 0 Å². The number of nitrogens with one attached hydrogen (secondary N) is 3. The number of aliphatic hydroxyl groups excluding tert-OH is 1. The van der Waals surface area contributed by atoms with E-state index in [4.69, 9.17) is 10.8 Å². The molecule has 204 valence electrons. The molecule has 8 nitrogen and oxygen atoms in total. The first-order valence-corrected chi connectivity index (χ1v) is 13.4. The van der Waals surface area contributed by atoms with Gasteiger partial charge in [0.25, 0.3) is 0 Å². The molecule has 0 aromatic heterocycles. The predicted octanol–water partition coefficient (Wildman–Crippen LogP) is 3.16. The zero-order valence-electron chi connectivity index (χ0n) is 23.2. The van der Waals surface area contributed by atoms with Crippen molar-refractivity contribution in [2.75, 3.05) is 32.8 Å². The van der Waals surface area contributed by atoms with Crippen LogP contribution in [-0.2, 0) is 14.4 Å². The lowest BCUT2D eigenvalue weighted by molar-refractivity contribution is -0.130. The molecule has 0 aromatic carbocycles. The molecule has 8 heteroatoms. The quantitative estimate of drug-likeness (QED) is 0.253. The summed E-state index contributed by atoms with van der Waals surface area (Å²) in [4.78, 5) is 35.6. The van der Waals surface area contributed by atoms with Crippen molar-refractivity contribution in [3.8, 4) is 0 Å². The second-order valence-corrected chi connectivity index (χ2v) is 8.39. The molecule has 6 N–H and O–H groups in total. The van der Waals surface area contributed by atoms with Gasteiger partial charge in [0.2, 0.25) is 11.8 Å². The maximum absolute atomic E-state index is 11.9. The zero-order valence-corrected chi connectivity index (χ0v) is 23.2. The summed E-state index contributed by atoms with van der Waals surface area (Å²) in [5, 5.41) is 15.9. The summed E-state index contributed by atoms with van der Waals surface area (Å²) < 4.78 is 0. The third-order valence-corrected chi connectivity index (χ3v) is 5.01. The van der Waals surface area contributed by atoms with Crippen molar-refractivity contribution < 1.29 is 19.5 Å². The molecule has 1 aliphatic heterocycles. The van der Waals surface area contributed by atoms with Gasteiger partial charge in [-0.1, -0.05) is 80.1 Å². The zero-order chi connectivity index (χ0) is 26.8. The van der Waals surface area contributed by atoms with Crippen molar-refractivity contribution in [1.82, 2.24) is 16.0 Å². The van der Waals surface area contributed by atoms with E-state index in [0.717, 1.165) is 13.0 Å². The van der Waals surface area contributed by atoms with Gasteiger partial charge in [-0.3, -0.25) is 14.4 Å². The minimum Gasteiger partial charge on any atom is -0.397 e. The second kappa shape index (κ2) is 27.7. The van der Waals surface area contributed by atoms with E-state index in [2.05, 4.69) is 29.8 Å². The van der Waals surface area contributed by atoms with Crippen LogP contribution in [0.25, 0.3) is 0 Å². The van der Waals surface area contributed by atoms with E-state index in [0.29, 0.717) is 19.5 Å². The highest BCUT2D eigenvalue weighted by Gasteiger charge is 2.24. The normalized spacial score (nSPS) is 14.9. The fourth-order valence-electron chi connectivity index (χ4n) is 3.14. The Hall–Kier alpha value is -1.51. The fourth-order valence-corrected chi connectivity index (χ4v) is 3.14. The average molecular weight is 489 g/mol. The van der Waals surface area contributed by atoms with Crippen LogP contribution in [0, 0.1) is 11.8 Å². The Morgan fingerprint density at radius 1 is 1.03 bits per heavy atom. The molecule has 34 heavy (non-hydrogen) atoms. The maximum atomic E-state index is 11.9. The van der Waals surface area contributed by atoms with Crippen molar-refractivity contribution in [2.24, 2.45) is 17.6 Å². The fraction of sp³-hybridized carbons (Fsp3) is 0.885. The Labute approximate surface area is 209 Å². The van der Waals surface area contributed by atoms with E-state index in [9.17, 15) is 14.4 Å². The summed E-state index contributed by atoms with van der Waals surface area (Å²) in [7, 11) is 0. The molecule has 1 unspecified atom stereocenters. The summed E-state index contributed by atoms with van der Waals surface area (Å²) in [5.41, 5.74) is 5.47. The molecule has 0 saturated carbocycles. The number of carbonyl (C=O) groups excluding carboxylic acids is 3. The predicted molar refractivity (Wildman–Crippen MR) is 143 cm³/mol. The van der Waals surface area contributed by atoms with Crippen LogP contribution in [0.15, 0.2) is 0 Å². The first-order chi connectivity index (χ1) is 16.3. The van der Waals surface area contributed by atoms with E-state index in [-0.39, 0.29) is 42.6 Å². The Morgan fingerprint density at radius 2 is 1.56 bits per heavy atom. The monoisotopic (exact) mass is 488 g/mol. The SMILES string of the molecule is CC.CC(C)C(=O)C(CCN)NC(=O)CNC(=O)[C@H]1CCNC1.CCCCCCCC.CCO. The third kappa shape index (κ3) is 22.3. The van der Waals surface area contributed by atoms with E-state index in [1.807, 2.05) is 13.8 Å². The molecule has 1 saturated heterocycles. The standard InChI is InChI=1S/C14H26N4O3.C8H18.C2H6O.C2H6/c1-9(2)13(20)11(3-5-15)18-12(19)8-17-14(21)10-4-6-16-7-10;1-3-5-7-8-6-4-2;1-2-3;1-2/h9-11,16H,3-8,15H2,1-2H3,(H,17,21)(H,18,19);3-8H2,1-2H3;3H,2H2,1H3;1-2H3/t10-,11?;;;/m0.../s1. The molecule has 2 amide bonds. The number of hydrogen-bond acceptors (Lipinski definition) is 6. The molecular weight excluding hydrogens is 432 g/mol. The number of amides is 2. The van der Waals surface area contributed by atoms with Crippen LogP contribution in [0.5, 0.6) is 0 Å². The number of nitrogens with two attached hydrogens (primary N) is 1. The Kier molecular flexibility index (Phi) is 30.2. The largest absolute Gasteiger partial charge is 0.397 e. The van der Waals surface area contributed by atoms with Crippen LogP contribution in [0.3, 0.4) is 0 Å². The van der Waals surface area contributed by atoms with Gasteiger partial charge in [0.1, 0.15) is 0 Å². The smallest absolute Gasteiger partial charge is 0.239 e. The second-order valence-electron chi connectivity index (χ2n) is 8.39. The number of rotatable bonds is 13. The lowest BCUT2D eigenvalue weighted by Crippen LogP contribution is -2.48. The third-order valence-electron chi connectivity index (χ3n) is 5.01. The number of ketones is 1. The van der Waals surface area contributed by atoms with Crippen LogP contribution in [0.2, 0.25) is 0 Å². The minimum atomic E-state index is -0.576. The highest BCUT2D eigenvalue weighted by atomic mass is 16.2. The number of aliphatic hydroxyl groups is 1. The van der Waals surface area contributed by atoms with Gasteiger partial charge in [0.05, 0.1) is 18.5 Å². The van der Waals surface area contributed by atoms with Gasteiger partial charge in [-0.05, 0) is 32.9 Å². The van der Waals surface area contributed by atoms with Crippen molar-refractivity contribution in [2.45, 2.75) is 106 Å². The summed E-state index contributed by atoms with van der Waals surface area (Å²) >= 11 is 0. The van der Waals surface area contributed by atoms with Crippen molar-refractivity contribution in [3.63, 3.8) is 0 Å². The molecule has 0 radical (unpaired) electrons. The van der Waals surface area contributed by atoms with E-state index in [1.54, 1.807) is 20.8 Å². The van der Waals surface area contributed by atoms with Crippen LogP contribution in [0.1, 0.15) is 99.8 Å². The molecule has 0 aliphatic carbocycles. The van der Waals surface area contributed by atoms with Crippen molar-refractivity contribution >= 4 is 17.6 Å². The number of unbranched alkanes of at least 4 members (excludes halogenated alkanes) is 5. The summed E-state index contributed by atoms with van der Waals surface area (Å²) in [6, 6.07) is -0.576. The molecular formula is C26H56N4O4. The lowest BCUT2D eigenvalue weighted by atomic mass is 9.99. The van der Waals surface area contributed by atoms with Crippen LogP contribution >= 0.6 is 0 Å². The summed E-state index contributed by atoms with van der Waals surface area (Å²) in [6.45, 7) is 15.7. The van der Waals surface area contributed by atoms with Gasteiger partial charge >= 0.3 is 0 Å². The molecule has 0 aromatic rings. The molecule has 0 bridgehead atoms. The number of carbonyl (C=O) groups is 3. The van der Waals surface area contributed by atoms with Gasteiger partial charge in [-0.2, -0.15) is 0 Å². The average Bonchev–Trinajstić information content (AvgIpc) is 3.37. The van der Waals surface area contributed by atoms with E-state index in [1.165, 1.54) is 38.5 Å². The molecule has 1 heterocycles. The van der Waals surface area contributed by atoms with Crippen molar-refractivity contribution in [3.05, 3.63) is 0 Å². The molecule has 1 rings (SSSR count). The summed E-state index contributed by atoms with van der Waals surface area (Å²) in [5.74, 6) is -0.765. The molecule has 1 aliphatic rings. The van der Waals surface area contributed by atoms with Gasteiger partial charge in [0.15, 0.2) is 5.78 Å². The van der Waals surface area contributed by atoms with Gasteiger partial charge < -0.3 is 26.8 Å². The highest BCUT2D eigenvalue weighted by molar-refractivity contribution is 5.92. The molecule has 0 spiro atoms.